The first-order valence-corrected chi connectivity index (χ1v) is 12.8. The molecule has 13 heteroatoms. The van der Waals surface area contributed by atoms with Gasteiger partial charge < -0.3 is 15.0 Å². The average Bonchev–Trinajstić information content (AvgIpc) is 3.04. The van der Waals surface area contributed by atoms with Gasteiger partial charge in [0.15, 0.2) is 0 Å². The van der Waals surface area contributed by atoms with Gasteiger partial charge in [-0.3, -0.25) is 4.57 Å². The van der Waals surface area contributed by atoms with Crippen LogP contribution >= 0.6 is 23.4 Å². The fraction of sp³-hybridized carbons (Fsp3) is 0.417. The molecule has 2 unspecified atom stereocenters. The van der Waals surface area contributed by atoms with Crippen molar-refractivity contribution in [3.05, 3.63) is 50.9 Å². The van der Waals surface area contributed by atoms with Crippen LogP contribution in [0.15, 0.2) is 27.9 Å². The van der Waals surface area contributed by atoms with Crippen molar-refractivity contribution in [2.24, 2.45) is 0 Å². The molecule has 2 aromatic carbocycles. The molecule has 1 aromatic heterocycles. The minimum Gasteiger partial charge on any atom is -0.379 e. The molecule has 5 rings (SSSR count). The number of alkyl halides is 3. The lowest BCUT2D eigenvalue weighted by molar-refractivity contribution is -0.137. The Hall–Kier alpha value is -2.41. The van der Waals surface area contributed by atoms with Gasteiger partial charge in [0, 0.05) is 66.0 Å². The van der Waals surface area contributed by atoms with Gasteiger partial charge in [0.1, 0.15) is 17.5 Å². The summed E-state index contributed by atoms with van der Waals surface area (Å²) >= 11 is 6.90. The topological polar surface area (TPSA) is 59.4 Å². The molecule has 6 nitrogen and oxygen atoms in total. The van der Waals surface area contributed by atoms with E-state index in [1.807, 2.05) is 6.92 Å². The van der Waals surface area contributed by atoms with Crippen LogP contribution in [0.1, 0.15) is 12.5 Å². The summed E-state index contributed by atoms with van der Waals surface area (Å²) in [7, 11) is 1.44. The van der Waals surface area contributed by atoms with Gasteiger partial charge in [-0.2, -0.15) is 18.2 Å². The molecule has 3 heterocycles. The number of rotatable bonds is 3. The highest BCUT2D eigenvalue weighted by Crippen LogP contribution is 2.49. The van der Waals surface area contributed by atoms with E-state index in [4.69, 9.17) is 16.3 Å². The molecule has 0 bridgehead atoms. The van der Waals surface area contributed by atoms with Crippen LogP contribution in [0.25, 0.3) is 22.0 Å². The molecule has 0 spiro atoms. The van der Waals surface area contributed by atoms with Crippen molar-refractivity contribution in [3.63, 3.8) is 0 Å². The largest absolute Gasteiger partial charge is 0.417 e. The zero-order valence-corrected chi connectivity index (χ0v) is 21.3. The monoisotopic (exact) mass is 560 g/mol. The first kappa shape index (κ1) is 26.2. The number of hydrogen-bond donors (Lipinski definition) is 1. The van der Waals surface area contributed by atoms with Crippen LogP contribution in [0.2, 0.25) is 5.02 Å². The first-order chi connectivity index (χ1) is 17.5. The fourth-order valence-corrected chi connectivity index (χ4v) is 6.34. The minimum absolute atomic E-state index is 0.0366. The van der Waals surface area contributed by atoms with Crippen molar-refractivity contribution in [2.75, 3.05) is 37.4 Å². The van der Waals surface area contributed by atoms with Crippen molar-refractivity contribution in [2.45, 2.75) is 36.7 Å². The minimum atomic E-state index is -4.91. The molecule has 0 saturated carbocycles. The summed E-state index contributed by atoms with van der Waals surface area (Å²) in [5.74, 6) is -1.96. The second-order valence-electron chi connectivity index (χ2n) is 9.01. The maximum atomic E-state index is 15.1. The number of halogens is 6. The van der Waals surface area contributed by atoms with E-state index in [2.05, 4.69) is 10.3 Å². The summed E-state index contributed by atoms with van der Waals surface area (Å²) in [6.45, 7) is 3.49. The Balaban J connectivity index is 1.95. The fourth-order valence-electron chi connectivity index (χ4n) is 4.86. The number of piperazine rings is 1. The number of nitrogens with one attached hydrogen (secondary N) is 1. The van der Waals surface area contributed by atoms with Gasteiger partial charge >= 0.3 is 11.9 Å². The van der Waals surface area contributed by atoms with Crippen molar-refractivity contribution < 1.29 is 26.7 Å². The molecule has 2 aliphatic heterocycles. The van der Waals surface area contributed by atoms with Gasteiger partial charge in [0.2, 0.25) is 0 Å². The molecule has 1 N–H and O–H groups in total. The van der Waals surface area contributed by atoms with Crippen molar-refractivity contribution in [3.8, 4) is 11.1 Å². The predicted molar refractivity (Wildman–Crippen MR) is 133 cm³/mol. The molecule has 198 valence electrons. The Kier molecular flexibility index (Phi) is 6.88. The number of benzene rings is 2. The maximum absolute atomic E-state index is 15.1. The Morgan fingerprint density at radius 1 is 1.22 bits per heavy atom. The number of hydrogen-bond acceptors (Lipinski definition) is 6. The number of thioether (sulfide) groups is 1. The van der Waals surface area contributed by atoms with Crippen molar-refractivity contribution in [1.82, 2.24) is 14.9 Å². The van der Waals surface area contributed by atoms with Crippen molar-refractivity contribution >= 4 is 40.1 Å². The highest BCUT2D eigenvalue weighted by molar-refractivity contribution is 7.99. The lowest BCUT2D eigenvalue weighted by Crippen LogP contribution is -2.51. The zero-order valence-electron chi connectivity index (χ0n) is 19.8. The van der Waals surface area contributed by atoms with Crippen molar-refractivity contribution in [1.29, 1.82) is 0 Å². The lowest BCUT2D eigenvalue weighted by atomic mass is 9.95. The zero-order chi connectivity index (χ0) is 26.6. The third-order valence-electron chi connectivity index (χ3n) is 6.69. The van der Waals surface area contributed by atoms with Crippen LogP contribution in [0.4, 0.5) is 27.8 Å². The van der Waals surface area contributed by atoms with Crippen LogP contribution in [0.5, 0.6) is 0 Å². The Morgan fingerprint density at radius 2 is 1.97 bits per heavy atom. The standard InChI is InChI=1S/C24H22ClF5N4O2S/c1-11-8-31-3-4-33(11)22-14-5-15(24(28,29)30)19(13-6-16(25)18(27)7-17(13)26)21-20(14)34(23(35)32-22)9-12(36-2)10-37-21/h5-7,11-12,31H,3-4,8-10H2,1-2H3. The van der Waals surface area contributed by atoms with Crippen LogP contribution < -0.4 is 15.9 Å². The quantitative estimate of drug-likeness (QED) is 0.362. The molecule has 1 saturated heterocycles. The summed E-state index contributed by atoms with van der Waals surface area (Å²) in [5, 5.41) is 2.81. The van der Waals surface area contributed by atoms with Crippen LogP contribution in [-0.4, -0.2) is 54.2 Å². The second-order valence-corrected chi connectivity index (χ2v) is 10.4. The number of methoxy groups -OCH3 is 1. The van der Waals surface area contributed by atoms with Gasteiger partial charge in [-0.05, 0) is 19.1 Å². The highest BCUT2D eigenvalue weighted by Gasteiger charge is 2.39. The van der Waals surface area contributed by atoms with Gasteiger partial charge in [0.05, 0.1) is 28.8 Å². The third-order valence-corrected chi connectivity index (χ3v) is 8.20. The van der Waals surface area contributed by atoms with Crippen LogP contribution in [0.3, 0.4) is 0 Å². The molecule has 2 atom stereocenters. The number of anilines is 1. The van der Waals surface area contributed by atoms with E-state index in [1.54, 1.807) is 4.90 Å². The second kappa shape index (κ2) is 9.72. The Bertz CT molecular complexity index is 1450. The predicted octanol–water partition coefficient (Wildman–Crippen LogP) is 4.93. The third kappa shape index (κ3) is 4.58. The van der Waals surface area contributed by atoms with Gasteiger partial charge in [-0.15, -0.1) is 11.8 Å². The van der Waals surface area contributed by atoms with Gasteiger partial charge in [0.25, 0.3) is 0 Å². The number of nitrogens with zero attached hydrogens (tertiary/aromatic N) is 3. The normalized spacial score (nSPS) is 20.4. The van der Waals surface area contributed by atoms with Crippen LogP contribution in [0, 0.1) is 11.6 Å². The Labute approximate surface area is 217 Å². The molecule has 37 heavy (non-hydrogen) atoms. The SMILES string of the molecule is COC1CSc2c(-c3cc(Cl)c(F)cc3F)c(C(F)(F)F)cc3c(N4CCNCC4C)nc(=O)n(c23)C1. The smallest absolute Gasteiger partial charge is 0.379 e. The molecule has 2 aliphatic rings. The summed E-state index contributed by atoms with van der Waals surface area (Å²) < 4.78 is 79.6. The van der Waals surface area contributed by atoms with E-state index in [1.165, 1.54) is 11.7 Å². The summed E-state index contributed by atoms with van der Waals surface area (Å²) in [5.41, 5.74) is -2.59. The Morgan fingerprint density at radius 3 is 2.65 bits per heavy atom. The number of ether oxygens (including phenoxy) is 1. The summed E-state index contributed by atoms with van der Waals surface area (Å²) in [4.78, 5) is 19.4. The summed E-state index contributed by atoms with van der Waals surface area (Å²) in [6.07, 6.45) is -5.43. The molecule has 0 aliphatic carbocycles. The molecular weight excluding hydrogens is 539 g/mol. The number of aromatic nitrogens is 2. The van der Waals surface area contributed by atoms with E-state index in [-0.39, 0.29) is 40.0 Å². The molecule has 0 radical (unpaired) electrons. The highest BCUT2D eigenvalue weighted by atomic mass is 35.5. The molecule has 0 amide bonds. The van der Waals surface area contributed by atoms with E-state index in [0.717, 1.165) is 23.9 Å². The first-order valence-electron chi connectivity index (χ1n) is 11.5. The van der Waals surface area contributed by atoms with Gasteiger partial charge in [-0.25, -0.2) is 13.6 Å². The average molecular weight is 561 g/mol. The van der Waals surface area contributed by atoms with E-state index in [0.29, 0.717) is 25.7 Å². The van der Waals surface area contributed by atoms with Crippen LogP contribution in [-0.2, 0) is 17.5 Å². The summed E-state index contributed by atoms with van der Waals surface area (Å²) in [6, 6.07) is 2.07. The molecular formula is C24H22ClF5N4O2S. The van der Waals surface area contributed by atoms with Gasteiger partial charge in [-0.1, -0.05) is 11.6 Å². The van der Waals surface area contributed by atoms with E-state index in [9.17, 15) is 22.4 Å². The van der Waals surface area contributed by atoms with E-state index >= 15 is 4.39 Å². The van der Waals surface area contributed by atoms with E-state index < -0.39 is 51.3 Å². The molecule has 3 aromatic rings. The lowest BCUT2D eigenvalue weighted by Gasteiger charge is -2.36. The molecule has 1 fully saturated rings. The maximum Gasteiger partial charge on any atom is 0.417 e.